The van der Waals surface area contributed by atoms with Crippen molar-refractivity contribution in [3.05, 3.63) is 35.4 Å². The van der Waals surface area contributed by atoms with Crippen LogP contribution in [0.25, 0.3) is 0 Å². The molecule has 0 saturated carbocycles. The van der Waals surface area contributed by atoms with E-state index in [0.717, 1.165) is 18.2 Å². The van der Waals surface area contributed by atoms with Gasteiger partial charge in [-0.05, 0) is 44.9 Å². The molecule has 4 N–H and O–H groups in total. The van der Waals surface area contributed by atoms with Gasteiger partial charge in [-0.2, -0.15) is 5.10 Å². The molecule has 170 valence electrons. The average molecular weight is 457 g/mol. The number of guanidine groups is 1. The predicted octanol–water partition coefficient (Wildman–Crippen LogP) is 1.98. The molecule has 31 heavy (non-hydrogen) atoms. The Bertz CT molecular complexity index is 897. The fraction of sp³-hybridized carbons (Fsp3) is 0.474. The SMILES string of the molecule is CN=C(NCCC[C@@]1(C)SC(c2cc(F)ccc2F)=NN1C(=O)[C@H](C)OC)NC(N)=O. The number of nitrogens with zero attached hydrogens (tertiary/aromatic N) is 3. The molecule has 0 unspecified atom stereocenters. The van der Waals surface area contributed by atoms with Gasteiger partial charge in [-0.25, -0.2) is 18.6 Å². The number of methoxy groups -OCH3 is 1. The Labute approximate surface area is 183 Å². The summed E-state index contributed by atoms with van der Waals surface area (Å²) in [6, 6.07) is 2.35. The number of halogens is 2. The Balaban J connectivity index is 2.18. The number of rotatable bonds is 7. The van der Waals surface area contributed by atoms with Crippen LogP contribution in [0.2, 0.25) is 0 Å². The summed E-state index contributed by atoms with van der Waals surface area (Å²) in [6.45, 7) is 3.79. The first-order valence-corrected chi connectivity index (χ1v) is 10.3. The second-order valence-electron chi connectivity index (χ2n) is 6.93. The highest BCUT2D eigenvalue weighted by Crippen LogP contribution is 2.43. The molecule has 0 bridgehead atoms. The van der Waals surface area contributed by atoms with Crippen molar-refractivity contribution in [1.82, 2.24) is 15.6 Å². The van der Waals surface area contributed by atoms with E-state index in [4.69, 9.17) is 10.5 Å². The Morgan fingerprint density at radius 1 is 1.42 bits per heavy atom. The van der Waals surface area contributed by atoms with Crippen LogP contribution in [-0.2, 0) is 9.53 Å². The number of benzene rings is 1. The average Bonchev–Trinajstić information content (AvgIpc) is 3.07. The third-order valence-electron chi connectivity index (χ3n) is 4.60. The summed E-state index contributed by atoms with van der Waals surface area (Å²) < 4.78 is 33.1. The van der Waals surface area contributed by atoms with Crippen molar-refractivity contribution in [3.8, 4) is 0 Å². The molecule has 1 heterocycles. The number of hydrogen-bond donors (Lipinski definition) is 3. The largest absolute Gasteiger partial charge is 0.372 e. The topological polar surface area (TPSA) is 121 Å². The minimum atomic E-state index is -0.861. The van der Waals surface area contributed by atoms with Gasteiger partial charge in [-0.15, -0.1) is 0 Å². The van der Waals surface area contributed by atoms with Gasteiger partial charge >= 0.3 is 6.03 Å². The highest BCUT2D eigenvalue weighted by atomic mass is 32.2. The van der Waals surface area contributed by atoms with Gasteiger partial charge in [-0.1, -0.05) is 11.8 Å². The number of hydrogen-bond acceptors (Lipinski definition) is 6. The van der Waals surface area contributed by atoms with Gasteiger partial charge in [0.15, 0.2) is 5.96 Å². The van der Waals surface area contributed by atoms with Crippen LogP contribution >= 0.6 is 11.8 Å². The summed E-state index contributed by atoms with van der Waals surface area (Å²) in [5.74, 6) is -1.42. The number of ether oxygens (including phenoxy) is 1. The molecule has 12 heteroatoms. The zero-order chi connectivity index (χ0) is 23.2. The quantitative estimate of drug-likeness (QED) is 0.329. The highest BCUT2D eigenvalue weighted by molar-refractivity contribution is 8.15. The number of nitrogens with one attached hydrogen (secondary N) is 2. The maximum atomic E-state index is 14.3. The van der Waals surface area contributed by atoms with Gasteiger partial charge in [0.25, 0.3) is 5.91 Å². The fourth-order valence-electron chi connectivity index (χ4n) is 2.87. The molecule has 3 amide bonds. The maximum Gasteiger partial charge on any atom is 0.318 e. The summed E-state index contributed by atoms with van der Waals surface area (Å²) >= 11 is 1.17. The Kier molecular flexibility index (Phi) is 8.34. The lowest BCUT2D eigenvalue weighted by atomic mass is 10.1. The number of nitrogens with two attached hydrogens (primary N) is 1. The second kappa shape index (κ2) is 10.5. The van der Waals surface area contributed by atoms with E-state index in [-0.39, 0.29) is 16.6 Å². The number of thioether (sulfide) groups is 1. The number of hydrazone groups is 1. The highest BCUT2D eigenvalue weighted by Gasteiger charge is 2.44. The molecule has 0 saturated heterocycles. The van der Waals surface area contributed by atoms with E-state index in [1.165, 1.54) is 30.9 Å². The lowest BCUT2D eigenvalue weighted by molar-refractivity contribution is -0.144. The van der Waals surface area contributed by atoms with Crippen molar-refractivity contribution in [3.63, 3.8) is 0 Å². The van der Waals surface area contributed by atoms with Crippen molar-refractivity contribution in [2.75, 3.05) is 20.7 Å². The Hall–Kier alpha value is -2.73. The van der Waals surface area contributed by atoms with E-state index >= 15 is 0 Å². The molecule has 0 aromatic heterocycles. The third-order valence-corrected chi connectivity index (χ3v) is 5.91. The molecular formula is C19H26F2N6O3S. The first-order chi connectivity index (χ1) is 14.6. The molecule has 2 rings (SSSR count). The summed E-state index contributed by atoms with van der Waals surface area (Å²) in [6.07, 6.45) is 0.226. The molecule has 2 atom stereocenters. The van der Waals surface area contributed by atoms with Gasteiger partial charge in [0.05, 0.1) is 0 Å². The summed E-state index contributed by atoms with van der Waals surface area (Å²) in [7, 11) is 2.90. The van der Waals surface area contributed by atoms with Crippen LogP contribution < -0.4 is 16.4 Å². The van der Waals surface area contributed by atoms with Crippen LogP contribution in [0.3, 0.4) is 0 Å². The molecule has 1 aromatic rings. The number of carbonyl (C=O) groups excluding carboxylic acids is 2. The van der Waals surface area contributed by atoms with Gasteiger partial charge in [-0.3, -0.25) is 15.1 Å². The molecule has 9 nitrogen and oxygen atoms in total. The van der Waals surface area contributed by atoms with E-state index in [0.29, 0.717) is 19.4 Å². The fourth-order valence-corrected chi connectivity index (χ4v) is 4.14. The van der Waals surface area contributed by atoms with Crippen molar-refractivity contribution in [2.45, 2.75) is 37.7 Å². The van der Waals surface area contributed by atoms with E-state index < -0.39 is 34.5 Å². The van der Waals surface area contributed by atoms with Crippen molar-refractivity contribution >= 4 is 34.7 Å². The molecule has 1 aliphatic rings. The van der Waals surface area contributed by atoms with Crippen LogP contribution in [0.15, 0.2) is 28.3 Å². The Morgan fingerprint density at radius 3 is 2.74 bits per heavy atom. The molecule has 0 radical (unpaired) electrons. The number of urea groups is 1. The van der Waals surface area contributed by atoms with Crippen LogP contribution in [0.4, 0.5) is 13.6 Å². The van der Waals surface area contributed by atoms with Gasteiger partial charge < -0.3 is 15.8 Å². The predicted molar refractivity (Wildman–Crippen MR) is 116 cm³/mol. The van der Waals surface area contributed by atoms with Crippen molar-refractivity contribution in [1.29, 1.82) is 0 Å². The smallest absolute Gasteiger partial charge is 0.318 e. The minimum Gasteiger partial charge on any atom is -0.372 e. The molecule has 0 spiro atoms. The first kappa shape index (κ1) is 24.5. The van der Waals surface area contributed by atoms with Gasteiger partial charge in [0.1, 0.15) is 27.7 Å². The van der Waals surface area contributed by atoms with E-state index in [1.807, 2.05) is 0 Å². The van der Waals surface area contributed by atoms with Crippen molar-refractivity contribution in [2.24, 2.45) is 15.8 Å². The summed E-state index contributed by atoms with van der Waals surface area (Å²) in [5.41, 5.74) is 5.06. The zero-order valence-corrected chi connectivity index (χ0v) is 18.6. The minimum absolute atomic E-state index is 0.0132. The zero-order valence-electron chi connectivity index (χ0n) is 17.7. The van der Waals surface area contributed by atoms with Crippen LogP contribution in [0.5, 0.6) is 0 Å². The van der Waals surface area contributed by atoms with E-state index in [1.54, 1.807) is 13.8 Å². The number of amides is 3. The molecule has 0 fully saturated rings. The molecule has 1 aromatic carbocycles. The van der Waals surface area contributed by atoms with E-state index in [2.05, 4.69) is 20.7 Å². The standard InChI is InChI=1S/C19H26F2N6O3S/c1-11(30-4)16(28)27-19(2,8-5-9-24-18(23-3)25-17(22)29)31-15(26-27)13-10-12(20)6-7-14(13)21/h6-7,10-11H,5,8-9H2,1-4H3,(H4,22,23,24,25,29)/t11-,19+/m0/s1. The van der Waals surface area contributed by atoms with Crippen LogP contribution in [-0.4, -0.2) is 59.6 Å². The third kappa shape index (κ3) is 6.14. The van der Waals surface area contributed by atoms with Crippen LogP contribution in [0.1, 0.15) is 32.3 Å². The Morgan fingerprint density at radius 2 is 2.13 bits per heavy atom. The number of carbonyl (C=O) groups is 2. The number of aliphatic imine (C=N–C) groups is 1. The second-order valence-corrected chi connectivity index (χ2v) is 8.40. The normalized spacial score (nSPS) is 19.7. The maximum absolute atomic E-state index is 14.3. The van der Waals surface area contributed by atoms with Gasteiger partial charge in [0, 0.05) is 26.3 Å². The van der Waals surface area contributed by atoms with Gasteiger partial charge in [0.2, 0.25) is 0 Å². The van der Waals surface area contributed by atoms with Crippen LogP contribution in [0, 0.1) is 11.6 Å². The summed E-state index contributed by atoms with van der Waals surface area (Å²) in [5, 5.41) is 11.1. The van der Waals surface area contributed by atoms with E-state index in [9.17, 15) is 18.4 Å². The molecule has 1 aliphatic heterocycles. The van der Waals surface area contributed by atoms with Crippen molar-refractivity contribution < 1.29 is 23.1 Å². The summed E-state index contributed by atoms with van der Waals surface area (Å²) in [4.78, 5) is 26.8. The monoisotopic (exact) mass is 456 g/mol. The number of primary amides is 1. The lowest BCUT2D eigenvalue weighted by Crippen LogP contribution is -2.47. The first-order valence-electron chi connectivity index (χ1n) is 9.48. The molecular weight excluding hydrogens is 430 g/mol. The lowest BCUT2D eigenvalue weighted by Gasteiger charge is -2.33. The molecule has 0 aliphatic carbocycles.